The number of carbonyl (C=O) groups excluding carboxylic acids is 3. The maximum Gasteiger partial charge on any atom is 0.254 e. The number of hydrogen-bond acceptors (Lipinski definition) is 8. The zero-order valence-electron chi connectivity index (χ0n) is 24.2. The quantitative estimate of drug-likeness (QED) is 0.370. The molecule has 1 aliphatic heterocycles. The second kappa shape index (κ2) is 13.7. The first-order valence-electron chi connectivity index (χ1n) is 14.3. The number of tetrazole rings is 1. The molecule has 1 atom stereocenters. The van der Waals surface area contributed by atoms with Crippen LogP contribution in [0.25, 0.3) is 17.1 Å². The van der Waals surface area contributed by atoms with Crippen molar-refractivity contribution in [3.05, 3.63) is 72.8 Å². The minimum atomic E-state index is -0.735. The Morgan fingerprint density at radius 2 is 1.95 bits per heavy atom. The van der Waals surface area contributed by atoms with Gasteiger partial charge in [-0.2, -0.15) is 0 Å². The van der Waals surface area contributed by atoms with E-state index in [4.69, 9.17) is 4.74 Å². The molecule has 43 heavy (non-hydrogen) atoms. The number of imidazole rings is 1. The van der Waals surface area contributed by atoms with Gasteiger partial charge in [0.25, 0.3) is 5.91 Å². The number of aromatic nitrogens is 6. The number of carbonyl (C=O) groups is 3. The molecular formula is C30H35N9O4. The Morgan fingerprint density at radius 3 is 2.72 bits per heavy atom. The number of benzene rings is 2. The second-order valence-corrected chi connectivity index (χ2v) is 10.7. The van der Waals surface area contributed by atoms with E-state index in [1.807, 2.05) is 48.9 Å². The van der Waals surface area contributed by atoms with Crippen LogP contribution in [0.2, 0.25) is 0 Å². The lowest BCUT2D eigenvalue weighted by molar-refractivity contribution is -0.129. The maximum atomic E-state index is 13.6. The molecule has 0 aliphatic carbocycles. The van der Waals surface area contributed by atoms with E-state index in [-0.39, 0.29) is 30.8 Å². The summed E-state index contributed by atoms with van der Waals surface area (Å²) in [6.45, 7) is 5.24. The summed E-state index contributed by atoms with van der Waals surface area (Å²) in [6, 6.07) is 13.7. The van der Waals surface area contributed by atoms with Crippen molar-refractivity contribution in [2.45, 2.75) is 39.3 Å². The smallest absolute Gasteiger partial charge is 0.254 e. The van der Waals surface area contributed by atoms with Crippen LogP contribution in [0.1, 0.15) is 37.0 Å². The minimum Gasteiger partial charge on any atom is -0.494 e. The van der Waals surface area contributed by atoms with Gasteiger partial charge in [-0.05, 0) is 65.6 Å². The lowest BCUT2D eigenvalue weighted by Gasteiger charge is -2.25. The largest absolute Gasteiger partial charge is 0.494 e. The van der Waals surface area contributed by atoms with E-state index in [9.17, 15) is 14.4 Å². The monoisotopic (exact) mass is 585 g/mol. The molecule has 3 heterocycles. The van der Waals surface area contributed by atoms with Gasteiger partial charge in [-0.25, -0.2) is 9.67 Å². The Bertz CT molecular complexity index is 1530. The summed E-state index contributed by atoms with van der Waals surface area (Å²) in [6.07, 6.45) is 5.99. The van der Waals surface area contributed by atoms with Crippen molar-refractivity contribution >= 4 is 17.7 Å². The van der Waals surface area contributed by atoms with Crippen LogP contribution in [0, 0.1) is 5.92 Å². The molecule has 0 saturated heterocycles. The van der Waals surface area contributed by atoms with Gasteiger partial charge in [0.2, 0.25) is 11.8 Å². The van der Waals surface area contributed by atoms with Gasteiger partial charge in [-0.1, -0.05) is 26.0 Å². The third kappa shape index (κ3) is 7.61. The van der Waals surface area contributed by atoms with E-state index in [2.05, 4.69) is 31.1 Å². The minimum absolute atomic E-state index is 0.162. The lowest BCUT2D eigenvalue weighted by atomic mass is 10.0. The lowest BCUT2D eigenvalue weighted by Crippen LogP contribution is -2.51. The normalized spacial score (nSPS) is 16.8. The average Bonchev–Trinajstić information content (AvgIpc) is 3.71. The van der Waals surface area contributed by atoms with Crippen molar-refractivity contribution in [1.82, 2.24) is 45.3 Å². The summed E-state index contributed by atoms with van der Waals surface area (Å²) in [5.41, 5.74) is 1.99. The average molecular weight is 586 g/mol. The highest BCUT2D eigenvalue weighted by Gasteiger charge is 2.25. The van der Waals surface area contributed by atoms with E-state index < -0.39 is 11.9 Å². The number of amides is 3. The standard InChI is InChI=1S/C30H35N9O4/c1-21(2)17-26-29(41)32-12-15-37-14-11-31-28(37)23-5-3-6-25(18-23)43-16-4-13-38(19-27(40)34-26)30(42)22-7-9-24(10-8-22)39-20-33-35-36-39/h3,5-11,14,18,20-21,26H,4,12-13,15-17,19H2,1-2H3,(H,32,41)(H,34,40)/t26-/m1/s1. The van der Waals surface area contributed by atoms with Crippen LogP contribution in [0.4, 0.5) is 0 Å². The van der Waals surface area contributed by atoms with Crippen LogP contribution < -0.4 is 15.4 Å². The van der Waals surface area contributed by atoms with E-state index in [0.29, 0.717) is 49.5 Å². The molecule has 0 unspecified atom stereocenters. The van der Waals surface area contributed by atoms with Gasteiger partial charge < -0.3 is 24.8 Å². The fraction of sp³-hybridized carbons (Fsp3) is 0.367. The van der Waals surface area contributed by atoms with Crippen LogP contribution in [0.15, 0.2) is 67.3 Å². The molecule has 2 aromatic heterocycles. The van der Waals surface area contributed by atoms with E-state index in [0.717, 1.165) is 11.4 Å². The SMILES string of the molecule is CC(C)C[C@H]1NC(=O)CN(C(=O)c2ccc(-n3cnnn3)cc2)CCCOc2cccc(c2)-c2nccn2CCNC1=O. The fourth-order valence-electron chi connectivity index (χ4n) is 4.93. The van der Waals surface area contributed by atoms with Crippen molar-refractivity contribution in [2.75, 3.05) is 26.2 Å². The van der Waals surface area contributed by atoms with Crippen molar-refractivity contribution in [1.29, 1.82) is 0 Å². The molecule has 13 heteroatoms. The first-order chi connectivity index (χ1) is 20.9. The molecule has 0 spiro atoms. The molecule has 13 nitrogen and oxygen atoms in total. The number of nitrogens with zero attached hydrogens (tertiary/aromatic N) is 7. The Labute approximate surface area is 249 Å². The Hall–Kier alpha value is -5.07. The van der Waals surface area contributed by atoms with Gasteiger partial charge in [0.1, 0.15) is 23.9 Å². The van der Waals surface area contributed by atoms with Gasteiger partial charge in [0.05, 0.1) is 18.8 Å². The van der Waals surface area contributed by atoms with Crippen molar-refractivity contribution < 1.29 is 19.1 Å². The fourth-order valence-corrected chi connectivity index (χ4v) is 4.93. The van der Waals surface area contributed by atoms with Gasteiger partial charge in [0.15, 0.2) is 0 Å². The van der Waals surface area contributed by atoms with Crippen LogP contribution >= 0.6 is 0 Å². The van der Waals surface area contributed by atoms with E-state index in [1.54, 1.807) is 30.5 Å². The summed E-state index contributed by atoms with van der Waals surface area (Å²) in [5.74, 6) is 0.603. The Morgan fingerprint density at radius 1 is 1.12 bits per heavy atom. The highest BCUT2D eigenvalue weighted by Crippen LogP contribution is 2.23. The number of rotatable bonds is 4. The molecule has 2 N–H and O–H groups in total. The predicted molar refractivity (Wildman–Crippen MR) is 157 cm³/mol. The van der Waals surface area contributed by atoms with Crippen molar-refractivity contribution in [3.8, 4) is 22.8 Å². The van der Waals surface area contributed by atoms with Crippen molar-refractivity contribution in [2.24, 2.45) is 5.92 Å². The molecule has 4 aromatic rings. The molecule has 5 rings (SSSR count). The van der Waals surface area contributed by atoms with Gasteiger partial charge in [-0.3, -0.25) is 14.4 Å². The maximum absolute atomic E-state index is 13.6. The predicted octanol–water partition coefficient (Wildman–Crippen LogP) is 2.10. The summed E-state index contributed by atoms with van der Waals surface area (Å²) >= 11 is 0. The highest BCUT2D eigenvalue weighted by molar-refractivity contribution is 5.97. The third-order valence-electron chi connectivity index (χ3n) is 7.01. The molecule has 0 fully saturated rings. The topological polar surface area (TPSA) is 149 Å². The summed E-state index contributed by atoms with van der Waals surface area (Å²) < 4.78 is 9.48. The molecule has 0 radical (unpaired) electrons. The molecule has 2 aromatic carbocycles. The van der Waals surface area contributed by atoms with E-state index >= 15 is 0 Å². The molecular weight excluding hydrogens is 550 g/mol. The van der Waals surface area contributed by atoms with Crippen LogP contribution in [0.3, 0.4) is 0 Å². The second-order valence-electron chi connectivity index (χ2n) is 10.7. The zero-order valence-corrected chi connectivity index (χ0v) is 24.2. The van der Waals surface area contributed by atoms with E-state index in [1.165, 1.54) is 15.9 Å². The molecule has 224 valence electrons. The molecule has 3 amide bonds. The van der Waals surface area contributed by atoms with Crippen LogP contribution in [-0.4, -0.2) is 84.7 Å². The molecule has 2 bridgehead atoms. The first kappa shape index (κ1) is 29.4. The van der Waals surface area contributed by atoms with Gasteiger partial charge in [-0.15, -0.1) is 5.10 Å². The number of hydrogen-bond donors (Lipinski definition) is 2. The summed E-state index contributed by atoms with van der Waals surface area (Å²) in [7, 11) is 0. The Kier molecular flexibility index (Phi) is 9.39. The highest BCUT2D eigenvalue weighted by atomic mass is 16.5. The molecule has 1 aliphatic rings. The third-order valence-corrected chi connectivity index (χ3v) is 7.01. The zero-order chi connectivity index (χ0) is 30.2. The number of nitrogens with one attached hydrogen (secondary N) is 2. The summed E-state index contributed by atoms with van der Waals surface area (Å²) in [4.78, 5) is 46.0. The van der Waals surface area contributed by atoms with Crippen LogP contribution in [0.5, 0.6) is 5.75 Å². The number of ether oxygens (including phenoxy) is 1. The van der Waals surface area contributed by atoms with Gasteiger partial charge in [0, 0.05) is 43.2 Å². The number of fused-ring (bicyclic) bond motifs is 4. The van der Waals surface area contributed by atoms with Crippen molar-refractivity contribution in [3.63, 3.8) is 0 Å². The Balaban J connectivity index is 1.37. The van der Waals surface area contributed by atoms with Gasteiger partial charge >= 0.3 is 0 Å². The summed E-state index contributed by atoms with van der Waals surface area (Å²) in [5, 5.41) is 17.0. The first-order valence-corrected chi connectivity index (χ1v) is 14.3. The van der Waals surface area contributed by atoms with Crippen LogP contribution in [-0.2, 0) is 16.1 Å². The molecule has 0 saturated carbocycles.